The first-order chi connectivity index (χ1) is 13.0. The monoisotopic (exact) mass is 407 g/mol. The van der Waals surface area contributed by atoms with Crippen LogP contribution in [0.3, 0.4) is 0 Å². The fourth-order valence-electron chi connectivity index (χ4n) is 2.62. The second-order valence-corrected chi connectivity index (χ2v) is 6.50. The molecule has 0 aliphatic heterocycles. The topological polar surface area (TPSA) is 79.5 Å². The van der Waals surface area contributed by atoms with Crippen LogP contribution in [0.1, 0.15) is 23.2 Å². The number of benzene rings is 2. The summed E-state index contributed by atoms with van der Waals surface area (Å²) in [6, 6.07) is 10.3. The molecule has 0 bridgehead atoms. The Hall–Kier alpha value is -2.64. The lowest BCUT2D eigenvalue weighted by Crippen LogP contribution is -2.29. The molecule has 0 saturated heterocycles. The third-order valence-electron chi connectivity index (χ3n) is 4.23. The third kappa shape index (κ3) is 6.21. The molecule has 1 aliphatic rings. The molecule has 0 heterocycles. The lowest BCUT2D eigenvalue weighted by atomic mass is 10.2. The summed E-state index contributed by atoms with van der Waals surface area (Å²) >= 11 is 0. The van der Waals surface area contributed by atoms with Crippen molar-refractivity contribution in [1.82, 2.24) is 5.32 Å². The largest absolute Gasteiger partial charge is 0.495 e. The van der Waals surface area contributed by atoms with Gasteiger partial charge < -0.3 is 20.7 Å². The summed E-state index contributed by atoms with van der Waals surface area (Å²) in [5, 5.41) is 8.59. The molecule has 0 spiro atoms. The first-order valence-electron chi connectivity index (χ1n) is 8.80. The molecule has 0 radical (unpaired) electrons. The summed E-state index contributed by atoms with van der Waals surface area (Å²) < 4.78 is 18.6. The van der Waals surface area contributed by atoms with Crippen molar-refractivity contribution in [2.24, 2.45) is 5.92 Å². The normalized spacial score (nSPS) is 12.6. The number of halogens is 2. The van der Waals surface area contributed by atoms with Crippen molar-refractivity contribution in [3.05, 3.63) is 53.8 Å². The summed E-state index contributed by atoms with van der Waals surface area (Å²) in [5.41, 5.74) is 1.11. The third-order valence-corrected chi connectivity index (χ3v) is 4.23. The summed E-state index contributed by atoms with van der Waals surface area (Å²) in [4.78, 5) is 24.4. The molecule has 28 heavy (non-hydrogen) atoms. The van der Waals surface area contributed by atoms with E-state index < -0.39 is 11.7 Å². The molecule has 0 atom stereocenters. The van der Waals surface area contributed by atoms with Crippen LogP contribution in [0.5, 0.6) is 5.75 Å². The number of amides is 2. The highest BCUT2D eigenvalue weighted by molar-refractivity contribution is 6.05. The predicted octanol–water partition coefficient (Wildman–Crippen LogP) is 3.45. The Morgan fingerprint density at radius 3 is 2.61 bits per heavy atom. The minimum absolute atomic E-state index is 0. The molecule has 8 heteroatoms. The van der Waals surface area contributed by atoms with E-state index in [0.717, 1.165) is 12.6 Å². The molecular formula is C20H23ClFN3O3. The van der Waals surface area contributed by atoms with Crippen LogP contribution in [0.25, 0.3) is 0 Å². The lowest BCUT2D eigenvalue weighted by molar-refractivity contribution is -0.115. The highest BCUT2D eigenvalue weighted by Gasteiger charge is 2.20. The van der Waals surface area contributed by atoms with Gasteiger partial charge in [-0.2, -0.15) is 0 Å². The van der Waals surface area contributed by atoms with Crippen LogP contribution in [-0.2, 0) is 4.79 Å². The molecule has 1 aliphatic carbocycles. The molecule has 1 fully saturated rings. The van der Waals surface area contributed by atoms with E-state index in [9.17, 15) is 14.0 Å². The van der Waals surface area contributed by atoms with Gasteiger partial charge in [-0.25, -0.2) is 4.39 Å². The van der Waals surface area contributed by atoms with Crippen molar-refractivity contribution in [3.63, 3.8) is 0 Å². The van der Waals surface area contributed by atoms with Crippen molar-refractivity contribution in [3.8, 4) is 5.75 Å². The Labute approximate surface area is 169 Å². The fourth-order valence-corrected chi connectivity index (χ4v) is 2.62. The molecule has 3 rings (SSSR count). The molecule has 1 saturated carbocycles. The lowest BCUT2D eigenvalue weighted by Gasteiger charge is -2.13. The van der Waals surface area contributed by atoms with Gasteiger partial charge in [0, 0.05) is 11.3 Å². The number of ether oxygens (including phenoxy) is 1. The van der Waals surface area contributed by atoms with E-state index in [2.05, 4.69) is 16.0 Å². The first kappa shape index (κ1) is 21.7. The highest BCUT2D eigenvalue weighted by atomic mass is 35.5. The van der Waals surface area contributed by atoms with E-state index in [4.69, 9.17) is 4.74 Å². The van der Waals surface area contributed by atoms with E-state index in [0.29, 0.717) is 23.0 Å². The molecule has 3 N–H and O–H groups in total. The van der Waals surface area contributed by atoms with Crippen molar-refractivity contribution in [1.29, 1.82) is 0 Å². The zero-order valence-electron chi connectivity index (χ0n) is 15.5. The van der Waals surface area contributed by atoms with E-state index in [-0.39, 0.29) is 30.4 Å². The fraction of sp³-hybridized carbons (Fsp3) is 0.300. The standard InChI is InChI=1S/C20H22FN3O3.ClH/c1-27-18-8-7-16(23-19(25)12-22-11-13-5-6-13)10-17(18)24-20(26)14-3-2-4-15(21)9-14;/h2-4,7-10,13,22H,5-6,11-12H2,1H3,(H,23,25)(H,24,26);1H. The van der Waals surface area contributed by atoms with Crippen molar-refractivity contribution < 1.29 is 18.7 Å². The Morgan fingerprint density at radius 2 is 1.93 bits per heavy atom. The maximum atomic E-state index is 13.3. The predicted molar refractivity (Wildman–Crippen MR) is 109 cm³/mol. The van der Waals surface area contributed by atoms with Crippen molar-refractivity contribution in [2.75, 3.05) is 30.8 Å². The van der Waals surface area contributed by atoms with Gasteiger partial charge >= 0.3 is 0 Å². The highest BCUT2D eigenvalue weighted by Crippen LogP contribution is 2.29. The summed E-state index contributed by atoms with van der Waals surface area (Å²) in [7, 11) is 1.48. The second kappa shape index (κ2) is 10.1. The Morgan fingerprint density at radius 1 is 1.14 bits per heavy atom. The SMILES string of the molecule is COc1ccc(NC(=O)CNCC2CC2)cc1NC(=O)c1cccc(F)c1.Cl. The molecule has 2 aromatic carbocycles. The van der Waals surface area contributed by atoms with Gasteiger partial charge in [0.05, 0.1) is 19.3 Å². The van der Waals surface area contributed by atoms with Crippen LogP contribution >= 0.6 is 12.4 Å². The van der Waals surface area contributed by atoms with Crippen molar-refractivity contribution >= 4 is 35.6 Å². The van der Waals surface area contributed by atoms with E-state index in [1.54, 1.807) is 18.2 Å². The Balaban J connectivity index is 0.00000280. The van der Waals surface area contributed by atoms with Crippen LogP contribution in [0.4, 0.5) is 15.8 Å². The van der Waals surface area contributed by atoms with Crippen LogP contribution in [0.2, 0.25) is 0 Å². The molecule has 150 valence electrons. The summed E-state index contributed by atoms with van der Waals surface area (Å²) in [5.74, 6) is 0.00737. The Bertz CT molecular complexity index is 843. The van der Waals surface area contributed by atoms with Gasteiger partial charge in [0.1, 0.15) is 11.6 Å². The maximum absolute atomic E-state index is 13.3. The van der Waals surface area contributed by atoms with E-state index in [1.807, 2.05) is 0 Å². The molecular weight excluding hydrogens is 385 g/mol. The van der Waals surface area contributed by atoms with Gasteiger partial charge in [0.25, 0.3) is 5.91 Å². The van der Waals surface area contributed by atoms with Gasteiger partial charge in [-0.3, -0.25) is 9.59 Å². The number of rotatable bonds is 8. The smallest absolute Gasteiger partial charge is 0.255 e. The van der Waals surface area contributed by atoms with Gasteiger partial charge in [-0.1, -0.05) is 6.07 Å². The number of anilines is 2. The van der Waals surface area contributed by atoms with Gasteiger partial charge in [-0.15, -0.1) is 12.4 Å². The quantitative estimate of drug-likeness (QED) is 0.626. The first-order valence-corrected chi connectivity index (χ1v) is 8.80. The second-order valence-electron chi connectivity index (χ2n) is 6.50. The molecule has 2 amide bonds. The van der Waals surface area contributed by atoms with Gasteiger partial charge in [0.2, 0.25) is 5.91 Å². The Kier molecular flexibility index (Phi) is 7.78. The van der Waals surface area contributed by atoms with E-state index in [1.165, 1.54) is 38.2 Å². The van der Waals surface area contributed by atoms with Crippen LogP contribution in [0.15, 0.2) is 42.5 Å². The minimum atomic E-state index is -0.491. The number of methoxy groups -OCH3 is 1. The van der Waals surface area contributed by atoms with Gasteiger partial charge in [0.15, 0.2) is 0 Å². The number of hydrogen-bond acceptors (Lipinski definition) is 4. The average Bonchev–Trinajstić information content (AvgIpc) is 3.46. The van der Waals surface area contributed by atoms with E-state index >= 15 is 0 Å². The zero-order chi connectivity index (χ0) is 19.2. The zero-order valence-corrected chi connectivity index (χ0v) is 16.3. The number of hydrogen-bond donors (Lipinski definition) is 3. The number of carbonyl (C=O) groups is 2. The van der Waals surface area contributed by atoms with Crippen LogP contribution < -0.4 is 20.7 Å². The number of nitrogens with one attached hydrogen (secondary N) is 3. The summed E-state index contributed by atoms with van der Waals surface area (Å²) in [6.45, 7) is 1.08. The molecule has 0 unspecified atom stereocenters. The molecule has 0 aromatic heterocycles. The van der Waals surface area contributed by atoms with Gasteiger partial charge in [-0.05, 0) is 61.7 Å². The average molecular weight is 408 g/mol. The van der Waals surface area contributed by atoms with Crippen LogP contribution in [0, 0.1) is 11.7 Å². The molecule has 2 aromatic rings. The van der Waals surface area contributed by atoms with Crippen molar-refractivity contribution in [2.45, 2.75) is 12.8 Å². The number of carbonyl (C=O) groups excluding carboxylic acids is 2. The maximum Gasteiger partial charge on any atom is 0.255 e. The van der Waals surface area contributed by atoms with Crippen LogP contribution in [-0.4, -0.2) is 32.0 Å². The minimum Gasteiger partial charge on any atom is -0.495 e. The summed E-state index contributed by atoms with van der Waals surface area (Å²) in [6.07, 6.45) is 2.45. The molecule has 6 nitrogen and oxygen atoms in total.